The van der Waals surface area contributed by atoms with E-state index in [9.17, 15) is 19.7 Å². The van der Waals surface area contributed by atoms with E-state index in [-0.39, 0.29) is 36.0 Å². The second kappa shape index (κ2) is 6.06. The van der Waals surface area contributed by atoms with Gasteiger partial charge >= 0.3 is 0 Å². The number of nitro benzene ring substituents is 1. The normalized spacial score (nSPS) is 18.3. The molecule has 1 unspecified atom stereocenters. The maximum absolute atomic E-state index is 12.4. The van der Waals surface area contributed by atoms with E-state index in [0.29, 0.717) is 0 Å². The smallest absolute Gasteiger partial charge is 0.270 e. The molecular formula is C12H12ClN3O5. The second-order valence-electron chi connectivity index (χ2n) is 4.41. The minimum atomic E-state index is -0.877. The van der Waals surface area contributed by atoms with Gasteiger partial charge < -0.3 is 15.4 Å². The minimum Gasteiger partial charge on any atom is -0.377 e. The minimum absolute atomic E-state index is 0.0195. The number of morpholine rings is 1. The molecule has 1 atom stereocenters. The number of hydrogen-bond donors (Lipinski definition) is 1. The maximum atomic E-state index is 12.4. The molecule has 0 radical (unpaired) electrons. The molecule has 8 nitrogen and oxygen atoms in total. The summed E-state index contributed by atoms with van der Waals surface area (Å²) in [6, 6.07) is 2.65. The number of benzene rings is 1. The molecule has 1 heterocycles. The Bertz CT molecular complexity index is 607. The molecule has 1 aliphatic heterocycles. The third kappa shape index (κ3) is 3.11. The molecule has 1 aromatic rings. The van der Waals surface area contributed by atoms with Gasteiger partial charge in [0, 0.05) is 18.7 Å². The van der Waals surface area contributed by atoms with Crippen molar-refractivity contribution in [1.29, 1.82) is 0 Å². The first kappa shape index (κ1) is 15.2. The third-order valence-corrected chi connectivity index (χ3v) is 3.42. The number of primary amides is 1. The number of hydrogen-bond acceptors (Lipinski definition) is 5. The molecule has 0 aromatic heterocycles. The highest BCUT2D eigenvalue weighted by atomic mass is 35.5. The van der Waals surface area contributed by atoms with Crippen molar-refractivity contribution < 1.29 is 19.2 Å². The van der Waals surface area contributed by atoms with E-state index in [1.807, 2.05) is 0 Å². The zero-order chi connectivity index (χ0) is 15.6. The van der Waals surface area contributed by atoms with Gasteiger partial charge in [0.15, 0.2) is 0 Å². The Morgan fingerprint density at radius 3 is 2.76 bits per heavy atom. The Morgan fingerprint density at radius 1 is 1.48 bits per heavy atom. The van der Waals surface area contributed by atoms with Crippen LogP contribution in [0.25, 0.3) is 0 Å². The summed E-state index contributed by atoms with van der Waals surface area (Å²) in [4.78, 5) is 35.1. The molecule has 1 saturated heterocycles. The topological polar surface area (TPSA) is 116 Å². The van der Waals surface area contributed by atoms with Gasteiger partial charge in [-0.1, -0.05) is 11.6 Å². The molecule has 0 aliphatic carbocycles. The Hall–Kier alpha value is -2.19. The number of rotatable bonds is 3. The summed E-state index contributed by atoms with van der Waals surface area (Å²) in [7, 11) is 0. The Kier molecular flexibility index (Phi) is 4.39. The molecule has 0 spiro atoms. The van der Waals surface area contributed by atoms with Crippen LogP contribution in [-0.2, 0) is 9.53 Å². The zero-order valence-electron chi connectivity index (χ0n) is 10.8. The van der Waals surface area contributed by atoms with Gasteiger partial charge in [-0.2, -0.15) is 0 Å². The summed E-state index contributed by atoms with van der Waals surface area (Å²) in [5, 5.41) is 10.6. The molecule has 1 aromatic carbocycles. The van der Waals surface area contributed by atoms with Gasteiger partial charge in [0.25, 0.3) is 11.6 Å². The molecule has 2 rings (SSSR count). The monoisotopic (exact) mass is 313 g/mol. The number of halogens is 1. The number of amides is 2. The number of non-ortho nitro benzene ring substituents is 1. The van der Waals surface area contributed by atoms with E-state index in [1.54, 1.807) is 0 Å². The molecule has 21 heavy (non-hydrogen) atoms. The van der Waals surface area contributed by atoms with Crippen LogP contribution >= 0.6 is 11.6 Å². The van der Waals surface area contributed by atoms with Crippen LogP contribution in [0.2, 0.25) is 5.02 Å². The van der Waals surface area contributed by atoms with Crippen molar-refractivity contribution in [2.75, 3.05) is 19.8 Å². The molecule has 2 N–H and O–H groups in total. The van der Waals surface area contributed by atoms with E-state index in [4.69, 9.17) is 22.1 Å². The maximum Gasteiger partial charge on any atom is 0.270 e. The fourth-order valence-electron chi connectivity index (χ4n) is 2.03. The van der Waals surface area contributed by atoms with Crippen LogP contribution in [0.4, 0.5) is 5.69 Å². The third-order valence-electron chi connectivity index (χ3n) is 3.11. The van der Waals surface area contributed by atoms with Crippen molar-refractivity contribution in [2.24, 2.45) is 5.73 Å². The van der Waals surface area contributed by atoms with Crippen molar-refractivity contribution in [1.82, 2.24) is 4.90 Å². The predicted octanol–water partition coefficient (Wildman–Crippen LogP) is 0.575. The fourth-order valence-corrected chi connectivity index (χ4v) is 2.28. The number of ether oxygens (including phenoxy) is 1. The highest BCUT2D eigenvalue weighted by Gasteiger charge is 2.33. The molecule has 112 valence electrons. The first-order chi connectivity index (χ1) is 9.91. The molecular weight excluding hydrogens is 302 g/mol. The van der Waals surface area contributed by atoms with Crippen molar-refractivity contribution in [3.05, 3.63) is 38.9 Å². The highest BCUT2D eigenvalue weighted by Crippen LogP contribution is 2.24. The molecule has 9 heteroatoms. The Morgan fingerprint density at radius 2 is 2.19 bits per heavy atom. The first-order valence-electron chi connectivity index (χ1n) is 6.04. The van der Waals surface area contributed by atoms with Gasteiger partial charge in [-0.15, -0.1) is 0 Å². The largest absolute Gasteiger partial charge is 0.377 e. The van der Waals surface area contributed by atoms with Gasteiger partial charge in [-0.3, -0.25) is 19.7 Å². The van der Waals surface area contributed by atoms with Crippen LogP contribution in [0.3, 0.4) is 0 Å². The second-order valence-corrected chi connectivity index (χ2v) is 4.82. The first-order valence-corrected chi connectivity index (χ1v) is 6.41. The van der Waals surface area contributed by atoms with Gasteiger partial charge in [-0.25, -0.2) is 0 Å². The molecule has 1 fully saturated rings. The van der Waals surface area contributed by atoms with E-state index in [0.717, 1.165) is 6.07 Å². The number of nitrogens with zero attached hydrogens (tertiary/aromatic N) is 2. The molecule has 0 bridgehead atoms. The lowest BCUT2D eigenvalue weighted by Gasteiger charge is -2.33. The molecule has 2 amide bonds. The van der Waals surface area contributed by atoms with Crippen molar-refractivity contribution in [3.8, 4) is 0 Å². The van der Waals surface area contributed by atoms with Gasteiger partial charge in [0.2, 0.25) is 5.91 Å². The van der Waals surface area contributed by atoms with Gasteiger partial charge in [0.1, 0.15) is 6.04 Å². The summed E-state index contributed by atoms with van der Waals surface area (Å²) in [6.45, 7) is 0.492. The lowest BCUT2D eigenvalue weighted by atomic mass is 10.1. The average molecular weight is 314 g/mol. The summed E-state index contributed by atoms with van der Waals surface area (Å²) >= 11 is 5.92. The summed E-state index contributed by atoms with van der Waals surface area (Å²) < 4.78 is 5.12. The van der Waals surface area contributed by atoms with E-state index >= 15 is 0 Å². The lowest BCUT2D eigenvalue weighted by molar-refractivity contribution is -0.384. The van der Waals surface area contributed by atoms with Gasteiger partial charge in [-0.05, 0) is 6.07 Å². The lowest BCUT2D eigenvalue weighted by Crippen LogP contribution is -2.54. The van der Waals surface area contributed by atoms with Gasteiger partial charge in [0.05, 0.1) is 28.7 Å². The van der Waals surface area contributed by atoms with Crippen LogP contribution in [0.15, 0.2) is 18.2 Å². The van der Waals surface area contributed by atoms with Crippen LogP contribution in [0.1, 0.15) is 10.4 Å². The SMILES string of the molecule is NC(=O)C1COCCN1C(=O)c1ccc([N+](=O)[O-])cc1Cl. The number of nitrogens with two attached hydrogens (primary N) is 1. The Labute approximate surface area is 124 Å². The standard InChI is InChI=1S/C12H12ClN3O5/c13-9-5-7(16(19)20)1-2-8(9)12(18)15-3-4-21-6-10(15)11(14)17/h1-2,5,10H,3-4,6H2,(H2,14,17). The van der Waals surface area contributed by atoms with E-state index in [1.165, 1.54) is 17.0 Å². The Balaban J connectivity index is 2.30. The number of carbonyl (C=O) groups excluding carboxylic acids is 2. The number of nitro groups is 1. The molecule has 1 aliphatic rings. The van der Waals surface area contributed by atoms with Crippen molar-refractivity contribution in [3.63, 3.8) is 0 Å². The van der Waals surface area contributed by atoms with E-state index < -0.39 is 22.8 Å². The van der Waals surface area contributed by atoms with Crippen molar-refractivity contribution in [2.45, 2.75) is 6.04 Å². The van der Waals surface area contributed by atoms with Crippen molar-refractivity contribution >= 4 is 29.1 Å². The summed E-state index contributed by atoms with van der Waals surface area (Å²) in [6.07, 6.45) is 0. The average Bonchev–Trinajstić information content (AvgIpc) is 2.46. The fraction of sp³-hybridized carbons (Fsp3) is 0.333. The molecule has 0 saturated carbocycles. The number of carbonyl (C=O) groups is 2. The van der Waals surface area contributed by atoms with Crippen LogP contribution in [0.5, 0.6) is 0 Å². The summed E-state index contributed by atoms with van der Waals surface area (Å²) in [5.74, 6) is -1.19. The predicted molar refractivity (Wildman–Crippen MR) is 72.9 cm³/mol. The van der Waals surface area contributed by atoms with Crippen LogP contribution < -0.4 is 5.73 Å². The quantitative estimate of drug-likeness (QED) is 0.647. The zero-order valence-corrected chi connectivity index (χ0v) is 11.6. The van der Waals surface area contributed by atoms with E-state index in [2.05, 4.69) is 0 Å². The summed E-state index contributed by atoms with van der Waals surface area (Å²) in [5.41, 5.74) is 5.10. The van der Waals surface area contributed by atoms with Crippen LogP contribution in [0, 0.1) is 10.1 Å². The highest BCUT2D eigenvalue weighted by molar-refractivity contribution is 6.34. The van der Waals surface area contributed by atoms with Crippen LogP contribution in [-0.4, -0.2) is 47.4 Å².